The molecule has 0 spiro atoms. The predicted molar refractivity (Wildman–Crippen MR) is 68.5 cm³/mol. The lowest BCUT2D eigenvalue weighted by Gasteiger charge is -2.25. The summed E-state index contributed by atoms with van der Waals surface area (Å²) in [6.45, 7) is 10.5. The van der Waals surface area contributed by atoms with Crippen LogP contribution < -0.4 is 11.1 Å². The van der Waals surface area contributed by atoms with E-state index >= 15 is 0 Å². The first-order valence-electron chi connectivity index (χ1n) is 5.76. The highest BCUT2D eigenvalue weighted by Crippen LogP contribution is 2.19. The van der Waals surface area contributed by atoms with Gasteiger partial charge in [0.05, 0.1) is 0 Å². The maximum Gasteiger partial charge on any atom is 0.135 e. The molecule has 1 aromatic rings. The number of hydrogen-bond donors (Lipinski definition) is 2. The highest BCUT2D eigenvalue weighted by atomic mass is 15.1. The van der Waals surface area contributed by atoms with E-state index in [9.17, 15) is 0 Å². The summed E-state index contributed by atoms with van der Waals surface area (Å²) in [5.41, 5.74) is 5.79. The van der Waals surface area contributed by atoms with Crippen LogP contribution in [0.4, 0.5) is 11.6 Å². The number of nitrogens with zero attached hydrogens (tertiary/aromatic N) is 2. The lowest BCUT2D eigenvalue weighted by atomic mass is 10.0. The summed E-state index contributed by atoms with van der Waals surface area (Å²) in [5, 5.41) is 3.37. The van der Waals surface area contributed by atoms with Crippen molar-refractivity contribution in [2.45, 2.75) is 52.5 Å². The van der Waals surface area contributed by atoms with Crippen LogP contribution in [0.15, 0.2) is 6.07 Å². The number of anilines is 2. The van der Waals surface area contributed by atoms with E-state index in [2.05, 4.69) is 49.9 Å². The van der Waals surface area contributed by atoms with Gasteiger partial charge in [0, 0.05) is 17.5 Å². The van der Waals surface area contributed by atoms with Crippen molar-refractivity contribution < 1.29 is 0 Å². The molecular weight excluding hydrogens is 200 g/mol. The Morgan fingerprint density at radius 1 is 1.38 bits per heavy atom. The third-order valence-electron chi connectivity index (χ3n) is 2.63. The highest BCUT2D eigenvalue weighted by molar-refractivity contribution is 5.46. The molecule has 1 heterocycles. The number of nitrogens with one attached hydrogen (secondary N) is 1. The average Bonchev–Trinajstić information content (AvgIpc) is 2.16. The van der Waals surface area contributed by atoms with E-state index in [1.54, 1.807) is 6.07 Å². The van der Waals surface area contributed by atoms with Crippen molar-refractivity contribution in [3.8, 4) is 0 Å². The molecule has 0 unspecified atom stereocenters. The van der Waals surface area contributed by atoms with E-state index in [1.807, 2.05) is 0 Å². The molecule has 16 heavy (non-hydrogen) atoms. The summed E-state index contributed by atoms with van der Waals surface area (Å²) in [5.74, 6) is 2.40. The maximum absolute atomic E-state index is 5.77. The Kier molecular flexibility index (Phi) is 3.73. The van der Waals surface area contributed by atoms with Crippen molar-refractivity contribution in [3.63, 3.8) is 0 Å². The number of nitrogens with two attached hydrogens (primary N) is 1. The van der Waals surface area contributed by atoms with Crippen LogP contribution in [0.3, 0.4) is 0 Å². The molecule has 0 aliphatic heterocycles. The van der Waals surface area contributed by atoms with Crippen LogP contribution >= 0.6 is 0 Å². The molecular formula is C12H22N4. The van der Waals surface area contributed by atoms with Gasteiger partial charge in [-0.25, -0.2) is 9.97 Å². The van der Waals surface area contributed by atoms with Gasteiger partial charge >= 0.3 is 0 Å². The molecule has 0 radical (unpaired) electrons. The summed E-state index contributed by atoms with van der Waals surface area (Å²) < 4.78 is 0. The van der Waals surface area contributed by atoms with E-state index < -0.39 is 0 Å². The van der Waals surface area contributed by atoms with Gasteiger partial charge in [0.1, 0.15) is 17.5 Å². The smallest absolute Gasteiger partial charge is 0.135 e. The number of hydrogen-bond acceptors (Lipinski definition) is 4. The fourth-order valence-electron chi connectivity index (χ4n) is 1.24. The van der Waals surface area contributed by atoms with E-state index in [-0.39, 0.29) is 11.5 Å². The Labute approximate surface area is 97.7 Å². The van der Waals surface area contributed by atoms with Crippen molar-refractivity contribution in [2.75, 3.05) is 11.1 Å². The van der Waals surface area contributed by atoms with Crippen LogP contribution in [0.25, 0.3) is 0 Å². The summed E-state index contributed by atoms with van der Waals surface area (Å²) in [4.78, 5) is 8.68. The molecule has 0 saturated heterocycles. The first kappa shape index (κ1) is 12.7. The molecule has 0 atom stereocenters. The van der Waals surface area contributed by atoms with Gasteiger partial charge in [-0.3, -0.25) is 0 Å². The van der Waals surface area contributed by atoms with E-state index in [4.69, 9.17) is 5.73 Å². The number of aromatic nitrogens is 2. The normalized spacial score (nSPS) is 11.9. The van der Waals surface area contributed by atoms with Crippen LogP contribution in [0.2, 0.25) is 0 Å². The second kappa shape index (κ2) is 4.68. The molecule has 1 rings (SSSR count). The van der Waals surface area contributed by atoms with Gasteiger partial charge in [0.15, 0.2) is 0 Å². The second-order valence-electron chi connectivity index (χ2n) is 5.05. The van der Waals surface area contributed by atoms with Crippen LogP contribution in [-0.4, -0.2) is 15.5 Å². The summed E-state index contributed by atoms with van der Waals surface area (Å²) >= 11 is 0. The Morgan fingerprint density at radius 2 is 2.00 bits per heavy atom. The molecule has 0 aliphatic carbocycles. The minimum Gasteiger partial charge on any atom is -0.384 e. The average molecular weight is 222 g/mol. The zero-order chi connectivity index (χ0) is 12.3. The quantitative estimate of drug-likeness (QED) is 0.822. The molecule has 90 valence electrons. The Morgan fingerprint density at radius 3 is 2.50 bits per heavy atom. The SMILES string of the molecule is CCC(C)(C)Nc1cc(N)nc(C(C)C)n1. The molecule has 0 aromatic carbocycles. The highest BCUT2D eigenvalue weighted by Gasteiger charge is 2.16. The van der Waals surface area contributed by atoms with Crippen molar-refractivity contribution in [2.24, 2.45) is 0 Å². The molecule has 3 N–H and O–H groups in total. The van der Waals surface area contributed by atoms with Gasteiger partial charge in [0.2, 0.25) is 0 Å². The molecule has 0 saturated carbocycles. The van der Waals surface area contributed by atoms with Gasteiger partial charge in [-0.05, 0) is 20.3 Å². The third-order valence-corrected chi connectivity index (χ3v) is 2.63. The summed E-state index contributed by atoms with van der Waals surface area (Å²) in [6.07, 6.45) is 1.02. The van der Waals surface area contributed by atoms with Crippen molar-refractivity contribution in [3.05, 3.63) is 11.9 Å². The molecule has 0 aliphatic rings. The molecule has 0 fully saturated rings. The fourth-order valence-corrected chi connectivity index (χ4v) is 1.24. The maximum atomic E-state index is 5.77. The zero-order valence-electron chi connectivity index (χ0n) is 10.8. The van der Waals surface area contributed by atoms with Crippen molar-refractivity contribution >= 4 is 11.6 Å². The van der Waals surface area contributed by atoms with Crippen LogP contribution in [-0.2, 0) is 0 Å². The Hall–Kier alpha value is -1.32. The third kappa shape index (κ3) is 3.36. The van der Waals surface area contributed by atoms with Gasteiger partial charge in [0.25, 0.3) is 0 Å². The van der Waals surface area contributed by atoms with Crippen LogP contribution in [0.5, 0.6) is 0 Å². The lowest BCUT2D eigenvalue weighted by molar-refractivity contribution is 0.544. The Balaban J connectivity index is 2.97. The summed E-state index contributed by atoms with van der Waals surface area (Å²) in [7, 11) is 0. The largest absolute Gasteiger partial charge is 0.384 e. The lowest BCUT2D eigenvalue weighted by Crippen LogP contribution is -2.30. The molecule has 0 bridgehead atoms. The Bertz CT molecular complexity index is 358. The fraction of sp³-hybridized carbons (Fsp3) is 0.667. The zero-order valence-corrected chi connectivity index (χ0v) is 10.8. The van der Waals surface area contributed by atoms with Gasteiger partial charge in [-0.1, -0.05) is 20.8 Å². The van der Waals surface area contributed by atoms with Gasteiger partial charge in [-0.15, -0.1) is 0 Å². The van der Waals surface area contributed by atoms with Gasteiger partial charge < -0.3 is 11.1 Å². The number of nitrogen functional groups attached to an aromatic ring is 1. The molecule has 4 nitrogen and oxygen atoms in total. The van der Waals surface area contributed by atoms with Crippen LogP contribution in [0, 0.1) is 0 Å². The standard InChI is InChI=1S/C12H22N4/c1-6-12(4,5)16-10-7-9(13)14-11(15-10)8(2)3/h7-8H,6H2,1-5H3,(H3,13,14,15,16). The number of rotatable bonds is 4. The van der Waals surface area contributed by atoms with Crippen LogP contribution in [0.1, 0.15) is 52.8 Å². The first-order valence-corrected chi connectivity index (χ1v) is 5.76. The first-order chi connectivity index (χ1) is 7.34. The monoisotopic (exact) mass is 222 g/mol. The van der Waals surface area contributed by atoms with E-state index in [1.165, 1.54) is 0 Å². The minimum atomic E-state index is 0.0229. The van der Waals surface area contributed by atoms with Gasteiger partial charge in [-0.2, -0.15) is 0 Å². The molecule has 4 heteroatoms. The predicted octanol–water partition coefficient (Wildman–Crippen LogP) is 2.78. The molecule has 0 amide bonds. The minimum absolute atomic E-state index is 0.0229. The topological polar surface area (TPSA) is 63.8 Å². The van der Waals surface area contributed by atoms with Crippen molar-refractivity contribution in [1.82, 2.24) is 9.97 Å². The van der Waals surface area contributed by atoms with E-state index in [0.29, 0.717) is 5.82 Å². The second-order valence-corrected chi connectivity index (χ2v) is 5.05. The van der Waals surface area contributed by atoms with Crippen molar-refractivity contribution in [1.29, 1.82) is 0 Å². The van der Waals surface area contributed by atoms with E-state index in [0.717, 1.165) is 18.1 Å². The summed E-state index contributed by atoms with van der Waals surface area (Å²) in [6, 6.07) is 1.78. The molecule has 1 aromatic heterocycles.